The number of nitrogens with one attached hydrogen (secondary N) is 1. The van der Waals surface area contributed by atoms with Crippen molar-refractivity contribution in [3.05, 3.63) is 17.7 Å². The SMILES string of the molecule is CCCOc1nc(NC)nc(-n2cnc3c2CCCC3)n1. The number of nitrogens with zero attached hydrogens (tertiary/aromatic N) is 5. The molecule has 21 heavy (non-hydrogen) atoms. The quantitative estimate of drug-likeness (QED) is 0.903. The normalized spacial score (nSPS) is 13.8. The van der Waals surface area contributed by atoms with Crippen molar-refractivity contribution in [2.45, 2.75) is 39.0 Å². The van der Waals surface area contributed by atoms with Gasteiger partial charge in [0.15, 0.2) is 0 Å². The molecule has 0 spiro atoms. The lowest BCUT2D eigenvalue weighted by atomic mass is 10.0. The van der Waals surface area contributed by atoms with Crippen LogP contribution in [-0.2, 0) is 12.8 Å². The lowest BCUT2D eigenvalue weighted by Gasteiger charge is -2.13. The van der Waals surface area contributed by atoms with E-state index in [0.717, 1.165) is 25.0 Å². The molecule has 2 aromatic rings. The van der Waals surface area contributed by atoms with Gasteiger partial charge in [0.2, 0.25) is 11.9 Å². The van der Waals surface area contributed by atoms with Crippen molar-refractivity contribution in [3.8, 4) is 12.0 Å². The van der Waals surface area contributed by atoms with Gasteiger partial charge in [-0.25, -0.2) is 4.98 Å². The van der Waals surface area contributed by atoms with Crippen LogP contribution in [0.25, 0.3) is 5.95 Å². The van der Waals surface area contributed by atoms with Crippen LogP contribution in [0.2, 0.25) is 0 Å². The van der Waals surface area contributed by atoms with Crippen molar-refractivity contribution in [3.63, 3.8) is 0 Å². The second-order valence-corrected chi connectivity index (χ2v) is 5.06. The first-order chi connectivity index (χ1) is 10.3. The number of hydrogen-bond donors (Lipinski definition) is 1. The summed E-state index contributed by atoms with van der Waals surface area (Å²) in [5.41, 5.74) is 2.36. The summed E-state index contributed by atoms with van der Waals surface area (Å²) in [6, 6.07) is 0.351. The van der Waals surface area contributed by atoms with E-state index < -0.39 is 0 Å². The number of imidazole rings is 1. The molecule has 0 atom stereocenters. The number of rotatable bonds is 5. The number of ether oxygens (including phenoxy) is 1. The summed E-state index contributed by atoms with van der Waals surface area (Å²) in [7, 11) is 1.78. The Morgan fingerprint density at radius 2 is 2.10 bits per heavy atom. The third kappa shape index (κ3) is 2.81. The Hall–Kier alpha value is -2.18. The molecule has 0 amide bonds. The largest absolute Gasteiger partial charge is 0.463 e. The van der Waals surface area contributed by atoms with Crippen LogP contribution in [0.15, 0.2) is 6.33 Å². The molecule has 0 unspecified atom stereocenters. The molecule has 0 radical (unpaired) electrons. The average molecular weight is 288 g/mol. The summed E-state index contributed by atoms with van der Waals surface area (Å²) in [4.78, 5) is 17.5. The minimum Gasteiger partial charge on any atom is -0.463 e. The van der Waals surface area contributed by atoms with Gasteiger partial charge in [-0.05, 0) is 32.1 Å². The first kappa shape index (κ1) is 13.8. The molecule has 0 fully saturated rings. The van der Waals surface area contributed by atoms with Gasteiger partial charge in [0, 0.05) is 12.7 Å². The van der Waals surface area contributed by atoms with Crippen molar-refractivity contribution in [1.82, 2.24) is 24.5 Å². The van der Waals surface area contributed by atoms with Gasteiger partial charge in [-0.15, -0.1) is 0 Å². The Balaban J connectivity index is 1.98. The van der Waals surface area contributed by atoms with Crippen LogP contribution >= 0.6 is 0 Å². The zero-order valence-corrected chi connectivity index (χ0v) is 12.5. The Bertz CT molecular complexity index is 624. The van der Waals surface area contributed by atoms with Crippen molar-refractivity contribution >= 4 is 5.95 Å². The summed E-state index contributed by atoms with van der Waals surface area (Å²) in [5, 5.41) is 2.95. The molecule has 0 bridgehead atoms. The minimum atomic E-state index is 0.351. The first-order valence-corrected chi connectivity index (χ1v) is 7.44. The van der Waals surface area contributed by atoms with Crippen molar-refractivity contribution < 1.29 is 4.74 Å². The monoisotopic (exact) mass is 288 g/mol. The Morgan fingerprint density at radius 1 is 1.24 bits per heavy atom. The van der Waals surface area contributed by atoms with Crippen LogP contribution in [0, 0.1) is 0 Å². The van der Waals surface area contributed by atoms with E-state index in [9.17, 15) is 0 Å². The van der Waals surface area contributed by atoms with E-state index in [1.165, 1.54) is 18.5 Å². The van der Waals surface area contributed by atoms with Crippen molar-refractivity contribution in [2.75, 3.05) is 19.0 Å². The molecular formula is C14H20N6O. The molecule has 2 heterocycles. The van der Waals surface area contributed by atoms with Gasteiger partial charge in [-0.1, -0.05) is 6.92 Å². The Labute approximate surface area is 123 Å². The maximum atomic E-state index is 5.54. The van der Waals surface area contributed by atoms with Crippen LogP contribution in [0.3, 0.4) is 0 Å². The maximum absolute atomic E-state index is 5.54. The van der Waals surface area contributed by atoms with E-state index >= 15 is 0 Å². The number of anilines is 1. The highest BCUT2D eigenvalue weighted by molar-refractivity contribution is 5.32. The van der Waals surface area contributed by atoms with Crippen LogP contribution in [-0.4, -0.2) is 38.2 Å². The van der Waals surface area contributed by atoms with Gasteiger partial charge in [-0.3, -0.25) is 4.57 Å². The van der Waals surface area contributed by atoms with Gasteiger partial charge in [-0.2, -0.15) is 15.0 Å². The number of aromatic nitrogens is 5. The van der Waals surface area contributed by atoms with Gasteiger partial charge >= 0.3 is 6.01 Å². The zero-order valence-electron chi connectivity index (χ0n) is 12.5. The molecule has 112 valence electrons. The number of aryl methyl sites for hydroxylation is 1. The van der Waals surface area contributed by atoms with Crippen molar-refractivity contribution in [1.29, 1.82) is 0 Å². The highest BCUT2D eigenvalue weighted by Crippen LogP contribution is 2.22. The number of hydrogen-bond acceptors (Lipinski definition) is 6. The van der Waals surface area contributed by atoms with Crippen LogP contribution in [0.1, 0.15) is 37.6 Å². The molecule has 0 saturated heterocycles. The lowest BCUT2D eigenvalue weighted by Crippen LogP contribution is -2.12. The molecule has 3 rings (SSSR count). The molecule has 0 saturated carbocycles. The van der Waals surface area contributed by atoms with Crippen LogP contribution in [0.4, 0.5) is 5.95 Å². The highest BCUT2D eigenvalue weighted by Gasteiger charge is 2.18. The average Bonchev–Trinajstić information content (AvgIpc) is 2.96. The molecule has 1 aliphatic rings. The first-order valence-electron chi connectivity index (χ1n) is 7.44. The molecule has 1 N–H and O–H groups in total. The van der Waals surface area contributed by atoms with Gasteiger partial charge in [0.1, 0.15) is 6.33 Å². The Morgan fingerprint density at radius 3 is 2.90 bits per heavy atom. The molecule has 0 aliphatic heterocycles. The molecule has 7 nitrogen and oxygen atoms in total. The topological polar surface area (TPSA) is 77.8 Å². The fraction of sp³-hybridized carbons (Fsp3) is 0.571. The molecule has 1 aliphatic carbocycles. The summed E-state index contributed by atoms with van der Waals surface area (Å²) in [6.45, 7) is 2.64. The predicted octanol–water partition coefficient (Wildman–Crippen LogP) is 1.77. The molecule has 2 aromatic heterocycles. The lowest BCUT2D eigenvalue weighted by molar-refractivity contribution is 0.291. The van der Waals surface area contributed by atoms with Gasteiger partial charge < -0.3 is 10.1 Å². The van der Waals surface area contributed by atoms with Crippen LogP contribution < -0.4 is 10.1 Å². The van der Waals surface area contributed by atoms with Gasteiger partial charge in [0.05, 0.1) is 12.3 Å². The molecule has 7 heteroatoms. The fourth-order valence-corrected chi connectivity index (χ4v) is 2.46. The van der Waals surface area contributed by atoms with E-state index in [4.69, 9.17) is 4.74 Å². The van der Waals surface area contributed by atoms with Gasteiger partial charge in [0.25, 0.3) is 0 Å². The third-order valence-electron chi connectivity index (χ3n) is 3.51. The summed E-state index contributed by atoms with van der Waals surface area (Å²) in [6.07, 6.45) is 7.15. The smallest absolute Gasteiger partial charge is 0.323 e. The summed E-state index contributed by atoms with van der Waals surface area (Å²) < 4.78 is 7.50. The van der Waals surface area contributed by atoms with E-state index in [-0.39, 0.29) is 0 Å². The van der Waals surface area contributed by atoms with Crippen LogP contribution in [0.5, 0.6) is 6.01 Å². The van der Waals surface area contributed by atoms with Crippen molar-refractivity contribution in [2.24, 2.45) is 0 Å². The highest BCUT2D eigenvalue weighted by atomic mass is 16.5. The minimum absolute atomic E-state index is 0.351. The second-order valence-electron chi connectivity index (χ2n) is 5.06. The molecule has 0 aromatic carbocycles. The summed E-state index contributed by atoms with van der Waals surface area (Å²) in [5.74, 6) is 1.07. The third-order valence-corrected chi connectivity index (χ3v) is 3.51. The van der Waals surface area contributed by atoms with E-state index in [1.807, 2.05) is 11.5 Å². The van der Waals surface area contributed by atoms with E-state index in [2.05, 4.69) is 25.3 Å². The number of fused-ring (bicyclic) bond motifs is 1. The standard InChI is InChI=1S/C14H20N6O/c1-3-8-21-14-18-12(15-2)17-13(19-14)20-9-16-10-6-4-5-7-11(10)20/h9H,3-8H2,1-2H3,(H,15,17,18,19). The summed E-state index contributed by atoms with van der Waals surface area (Å²) >= 11 is 0. The predicted molar refractivity (Wildman–Crippen MR) is 78.9 cm³/mol. The maximum Gasteiger partial charge on any atom is 0.323 e. The van der Waals surface area contributed by atoms with E-state index in [1.54, 1.807) is 13.4 Å². The Kier molecular flexibility index (Phi) is 3.98. The zero-order chi connectivity index (χ0) is 14.7. The fourth-order valence-electron chi connectivity index (χ4n) is 2.46. The second kappa shape index (κ2) is 6.07. The van der Waals surface area contributed by atoms with E-state index in [0.29, 0.717) is 24.5 Å². The molecular weight excluding hydrogens is 268 g/mol.